The van der Waals surface area contributed by atoms with Crippen LogP contribution in [0.5, 0.6) is 0 Å². The maximum absolute atomic E-state index is 12.3. The minimum Gasteiger partial charge on any atom is -0.396 e. The molecular formula is C13H29N3O3S. The molecule has 2 atom stereocenters. The van der Waals surface area contributed by atoms with Crippen LogP contribution in [0.3, 0.4) is 0 Å². The van der Waals surface area contributed by atoms with Crippen molar-refractivity contribution in [1.29, 1.82) is 0 Å². The number of hydrogen-bond donors (Lipinski definition) is 2. The molecule has 0 amide bonds. The summed E-state index contributed by atoms with van der Waals surface area (Å²) in [6.07, 6.45) is 1.72. The molecule has 0 saturated carbocycles. The third-order valence-corrected chi connectivity index (χ3v) is 5.57. The Balaban J connectivity index is 2.55. The number of rotatable bonds is 8. The zero-order valence-electron chi connectivity index (χ0n) is 12.9. The molecule has 0 aromatic heterocycles. The summed E-state index contributed by atoms with van der Waals surface area (Å²) in [7, 11) is -3.44. The Labute approximate surface area is 123 Å². The van der Waals surface area contributed by atoms with E-state index >= 15 is 0 Å². The minimum absolute atomic E-state index is 0.0566. The summed E-state index contributed by atoms with van der Waals surface area (Å²) in [6, 6.07) is -0.116. The van der Waals surface area contributed by atoms with E-state index in [1.165, 1.54) is 4.31 Å². The molecule has 2 unspecified atom stereocenters. The topological polar surface area (TPSA) is 72.9 Å². The first-order valence-corrected chi connectivity index (χ1v) is 8.97. The fourth-order valence-electron chi connectivity index (χ4n) is 2.63. The fourth-order valence-corrected chi connectivity index (χ4v) is 4.14. The summed E-state index contributed by atoms with van der Waals surface area (Å²) in [5.74, 6) is 0.0680. The Morgan fingerprint density at radius 3 is 2.60 bits per heavy atom. The van der Waals surface area contributed by atoms with E-state index in [1.54, 1.807) is 0 Å². The van der Waals surface area contributed by atoms with Crippen molar-refractivity contribution >= 4 is 10.2 Å². The maximum Gasteiger partial charge on any atom is 0.279 e. The van der Waals surface area contributed by atoms with Crippen molar-refractivity contribution in [2.24, 2.45) is 5.92 Å². The first-order chi connectivity index (χ1) is 9.42. The van der Waals surface area contributed by atoms with Crippen LogP contribution in [-0.4, -0.2) is 68.1 Å². The van der Waals surface area contributed by atoms with E-state index in [4.69, 9.17) is 0 Å². The Kier molecular flexibility index (Phi) is 7.39. The van der Waals surface area contributed by atoms with Crippen molar-refractivity contribution in [2.45, 2.75) is 39.7 Å². The molecule has 0 aromatic rings. The molecule has 1 heterocycles. The highest BCUT2D eigenvalue weighted by Crippen LogP contribution is 2.18. The average Bonchev–Trinajstić information content (AvgIpc) is 2.44. The van der Waals surface area contributed by atoms with Gasteiger partial charge >= 0.3 is 0 Å². The molecule has 0 aromatic carbocycles. The standard InChI is InChI=1S/C13H29N3O3S/c1-4-15(5-2)9-12(3)14-20(18,19)16-8-6-7-13(10-16)11-17/h12-14,17H,4-11H2,1-3H3. The van der Waals surface area contributed by atoms with Crippen LogP contribution in [0.2, 0.25) is 0 Å². The molecule has 6 nitrogen and oxygen atoms in total. The van der Waals surface area contributed by atoms with Gasteiger partial charge in [-0.15, -0.1) is 0 Å². The third kappa shape index (κ3) is 5.29. The highest BCUT2D eigenvalue weighted by atomic mass is 32.2. The Bertz CT molecular complexity index is 371. The lowest BCUT2D eigenvalue weighted by molar-refractivity contribution is 0.164. The lowest BCUT2D eigenvalue weighted by Gasteiger charge is -2.32. The van der Waals surface area contributed by atoms with Crippen molar-refractivity contribution in [3.05, 3.63) is 0 Å². The van der Waals surface area contributed by atoms with Gasteiger partial charge in [-0.1, -0.05) is 13.8 Å². The Morgan fingerprint density at radius 1 is 1.40 bits per heavy atom. The van der Waals surface area contributed by atoms with Crippen molar-refractivity contribution in [3.63, 3.8) is 0 Å². The predicted octanol–water partition coefficient (Wildman–Crippen LogP) is 0.255. The van der Waals surface area contributed by atoms with Crippen molar-refractivity contribution in [3.8, 4) is 0 Å². The molecule has 0 spiro atoms. The van der Waals surface area contributed by atoms with Gasteiger partial charge in [0.05, 0.1) is 0 Å². The molecule has 120 valence electrons. The van der Waals surface area contributed by atoms with Gasteiger partial charge in [0.15, 0.2) is 0 Å². The normalized spacial score (nSPS) is 23.1. The predicted molar refractivity (Wildman–Crippen MR) is 80.7 cm³/mol. The lowest BCUT2D eigenvalue weighted by Crippen LogP contribution is -2.51. The molecule has 1 rings (SSSR count). The van der Waals surface area contributed by atoms with E-state index in [1.807, 2.05) is 6.92 Å². The van der Waals surface area contributed by atoms with E-state index in [0.29, 0.717) is 19.6 Å². The summed E-state index contributed by atoms with van der Waals surface area (Å²) in [4.78, 5) is 2.19. The largest absolute Gasteiger partial charge is 0.396 e. The Hall–Kier alpha value is -0.210. The highest BCUT2D eigenvalue weighted by molar-refractivity contribution is 7.87. The zero-order valence-corrected chi connectivity index (χ0v) is 13.7. The summed E-state index contributed by atoms with van der Waals surface area (Å²) in [5, 5.41) is 9.19. The summed E-state index contributed by atoms with van der Waals surface area (Å²) >= 11 is 0. The van der Waals surface area contributed by atoms with Crippen molar-refractivity contribution in [1.82, 2.24) is 13.9 Å². The molecule has 1 saturated heterocycles. The number of piperidine rings is 1. The second-order valence-corrected chi connectivity index (χ2v) is 7.26. The quantitative estimate of drug-likeness (QED) is 0.674. The lowest BCUT2D eigenvalue weighted by atomic mass is 10.0. The number of hydrogen-bond acceptors (Lipinski definition) is 4. The monoisotopic (exact) mass is 307 g/mol. The molecule has 0 aliphatic carbocycles. The van der Waals surface area contributed by atoms with E-state index in [-0.39, 0.29) is 18.6 Å². The molecule has 1 aliphatic rings. The number of aliphatic hydroxyl groups is 1. The van der Waals surface area contributed by atoms with Crippen LogP contribution in [0, 0.1) is 5.92 Å². The van der Waals surface area contributed by atoms with Gasteiger partial charge in [0.25, 0.3) is 10.2 Å². The maximum atomic E-state index is 12.3. The number of nitrogens with zero attached hydrogens (tertiary/aromatic N) is 2. The molecule has 1 fully saturated rings. The van der Waals surface area contributed by atoms with Crippen LogP contribution in [0.25, 0.3) is 0 Å². The van der Waals surface area contributed by atoms with Crippen LogP contribution in [-0.2, 0) is 10.2 Å². The molecule has 20 heavy (non-hydrogen) atoms. The first-order valence-electron chi connectivity index (χ1n) is 7.53. The molecule has 0 bridgehead atoms. The average molecular weight is 307 g/mol. The Morgan fingerprint density at radius 2 is 2.05 bits per heavy atom. The zero-order chi connectivity index (χ0) is 15.2. The van der Waals surface area contributed by atoms with Crippen LogP contribution in [0.4, 0.5) is 0 Å². The van der Waals surface area contributed by atoms with E-state index < -0.39 is 10.2 Å². The van der Waals surface area contributed by atoms with E-state index in [0.717, 1.165) is 25.9 Å². The summed E-state index contributed by atoms with van der Waals surface area (Å²) < 4.78 is 28.9. The minimum atomic E-state index is -3.44. The molecular weight excluding hydrogens is 278 g/mol. The number of likely N-dealkylation sites (N-methyl/N-ethyl adjacent to an activating group) is 1. The van der Waals surface area contributed by atoms with Gasteiger partial charge in [0, 0.05) is 32.3 Å². The van der Waals surface area contributed by atoms with Crippen LogP contribution in [0.15, 0.2) is 0 Å². The molecule has 1 aliphatic heterocycles. The second-order valence-electron chi connectivity index (χ2n) is 5.56. The van der Waals surface area contributed by atoms with Crippen LogP contribution in [0.1, 0.15) is 33.6 Å². The smallest absolute Gasteiger partial charge is 0.279 e. The van der Waals surface area contributed by atoms with Gasteiger partial charge in [0.1, 0.15) is 0 Å². The number of nitrogens with one attached hydrogen (secondary N) is 1. The fraction of sp³-hybridized carbons (Fsp3) is 1.00. The van der Waals surface area contributed by atoms with Gasteiger partial charge < -0.3 is 10.0 Å². The highest BCUT2D eigenvalue weighted by Gasteiger charge is 2.29. The van der Waals surface area contributed by atoms with Crippen molar-refractivity contribution in [2.75, 3.05) is 39.3 Å². The first kappa shape index (κ1) is 17.8. The van der Waals surface area contributed by atoms with E-state index in [9.17, 15) is 13.5 Å². The number of aliphatic hydroxyl groups excluding tert-OH is 1. The SMILES string of the molecule is CCN(CC)CC(C)NS(=O)(=O)N1CCCC(CO)C1. The summed E-state index contributed by atoms with van der Waals surface area (Å²) in [6.45, 7) is 9.60. The molecule has 2 N–H and O–H groups in total. The van der Waals surface area contributed by atoms with E-state index in [2.05, 4.69) is 23.5 Å². The molecule has 0 radical (unpaired) electrons. The van der Waals surface area contributed by atoms with Gasteiger partial charge in [-0.25, -0.2) is 0 Å². The van der Waals surface area contributed by atoms with Crippen LogP contribution >= 0.6 is 0 Å². The molecule has 7 heteroatoms. The summed E-state index contributed by atoms with van der Waals surface area (Å²) in [5.41, 5.74) is 0. The van der Waals surface area contributed by atoms with Crippen molar-refractivity contribution < 1.29 is 13.5 Å². The van der Waals surface area contributed by atoms with Gasteiger partial charge in [-0.05, 0) is 38.8 Å². The van der Waals surface area contributed by atoms with Crippen LogP contribution < -0.4 is 4.72 Å². The van der Waals surface area contributed by atoms with Gasteiger partial charge in [-0.2, -0.15) is 17.4 Å². The van der Waals surface area contributed by atoms with Gasteiger partial charge in [0.2, 0.25) is 0 Å². The third-order valence-electron chi connectivity index (χ3n) is 3.86. The second kappa shape index (κ2) is 8.29. The van der Waals surface area contributed by atoms with Gasteiger partial charge in [-0.3, -0.25) is 0 Å².